The minimum Gasteiger partial charge on any atom is -0.368 e. The Labute approximate surface area is 165 Å². The van der Waals surface area contributed by atoms with Crippen molar-refractivity contribution in [1.82, 2.24) is 9.78 Å². The van der Waals surface area contributed by atoms with Crippen LogP contribution in [0, 0.1) is 5.92 Å². The molecule has 28 heavy (non-hydrogen) atoms. The first-order chi connectivity index (χ1) is 13.5. The zero-order valence-electron chi connectivity index (χ0n) is 16.4. The molecule has 0 spiro atoms. The van der Waals surface area contributed by atoms with E-state index in [1.165, 1.54) is 6.42 Å². The molecule has 1 saturated carbocycles. The molecule has 1 heterocycles. The van der Waals surface area contributed by atoms with Crippen molar-refractivity contribution in [3.8, 4) is 0 Å². The Morgan fingerprint density at radius 2 is 2.04 bits per heavy atom. The van der Waals surface area contributed by atoms with E-state index in [0.717, 1.165) is 19.3 Å². The molecule has 7 heteroatoms. The summed E-state index contributed by atoms with van der Waals surface area (Å²) in [6.45, 7) is 4.05. The lowest BCUT2D eigenvalue weighted by molar-refractivity contribution is -0.123. The van der Waals surface area contributed by atoms with Crippen molar-refractivity contribution < 1.29 is 14.3 Å². The van der Waals surface area contributed by atoms with Gasteiger partial charge in [-0.15, -0.1) is 0 Å². The minimum atomic E-state index is -0.431. The molecule has 0 bridgehead atoms. The SMILES string of the molecule is CC1CCCC(OCC(=O)Nc2cccc(NC(=O)C(C)n3cccn3)c2)C1. The summed E-state index contributed by atoms with van der Waals surface area (Å²) in [6, 6.07) is 8.42. The third kappa shape index (κ3) is 5.66. The molecule has 150 valence electrons. The molecular weight excluding hydrogens is 356 g/mol. The van der Waals surface area contributed by atoms with Crippen molar-refractivity contribution in [2.45, 2.75) is 51.7 Å². The summed E-state index contributed by atoms with van der Waals surface area (Å²) in [4.78, 5) is 24.6. The highest BCUT2D eigenvalue weighted by atomic mass is 16.5. The van der Waals surface area contributed by atoms with Gasteiger partial charge >= 0.3 is 0 Å². The van der Waals surface area contributed by atoms with Gasteiger partial charge in [0.15, 0.2) is 0 Å². The Balaban J connectivity index is 1.50. The zero-order valence-corrected chi connectivity index (χ0v) is 16.4. The fraction of sp³-hybridized carbons (Fsp3) is 0.476. The molecule has 7 nitrogen and oxygen atoms in total. The van der Waals surface area contributed by atoms with E-state index in [1.807, 2.05) is 0 Å². The maximum atomic E-state index is 12.4. The van der Waals surface area contributed by atoms with E-state index >= 15 is 0 Å². The zero-order chi connectivity index (χ0) is 19.9. The fourth-order valence-electron chi connectivity index (χ4n) is 3.47. The van der Waals surface area contributed by atoms with Crippen LogP contribution in [0.4, 0.5) is 11.4 Å². The van der Waals surface area contributed by atoms with Crippen LogP contribution in [0.25, 0.3) is 0 Å². The quantitative estimate of drug-likeness (QED) is 0.763. The largest absolute Gasteiger partial charge is 0.368 e. The predicted octanol–water partition coefficient (Wildman–Crippen LogP) is 3.62. The fourth-order valence-corrected chi connectivity index (χ4v) is 3.47. The standard InChI is InChI=1S/C21H28N4O3/c1-15-6-3-9-19(12-15)28-14-20(26)23-17-7-4-8-18(13-17)24-21(27)16(2)25-11-5-10-22-25/h4-5,7-8,10-11,13,15-16,19H,3,6,9,12,14H2,1-2H3,(H,23,26)(H,24,27). The van der Waals surface area contributed by atoms with Crippen LogP contribution in [-0.4, -0.2) is 34.3 Å². The molecule has 0 saturated heterocycles. The number of nitrogens with zero attached hydrogens (tertiary/aromatic N) is 2. The number of amides is 2. The van der Waals surface area contributed by atoms with Crippen LogP contribution in [0.5, 0.6) is 0 Å². The number of anilines is 2. The monoisotopic (exact) mass is 384 g/mol. The van der Waals surface area contributed by atoms with E-state index in [9.17, 15) is 9.59 Å². The number of carbonyl (C=O) groups is 2. The lowest BCUT2D eigenvalue weighted by Gasteiger charge is -2.26. The summed E-state index contributed by atoms with van der Waals surface area (Å²) in [7, 11) is 0. The number of benzene rings is 1. The second kappa shape index (κ2) is 9.50. The number of nitrogens with one attached hydrogen (secondary N) is 2. The van der Waals surface area contributed by atoms with Crippen LogP contribution >= 0.6 is 0 Å². The first kappa shape index (κ1) is 20.1. The molecule has 3 rings (SSSR count). The predicted molar refractivity (Wildman–Crippen MR) is 108 cm³/mol. The molecule has 2 aromatic rings. The van der Waals surface area contributed by atoms with Gasteiger partial charge in [0, 0.05) is 23.8 Å². The second-order valence-corrected chi connectivity index (χ2v) is 7.49. The Kier molecular flexibility index (Phi) is 6.81. The summed E-state index contributed by atoms with van der Waals surface area (Å²) in [6.07, 6.45) is 7.99. The number of hydrogen-bond acceptors (Lipinski definition) is 4. The summed E-state index contributed by atoms with van der Waals surface area (Å²) >= 11 is 0. The van der Waals surface area contributed by atoms with Gasteiger partial charge in [0.25, 0.3) is 0 Å². The lowest BCUT2D eigenvalue weighted by Crippen LogP contribution is -2.27. The van der Waals surface area contributed by atoms with Crippen molar-refractivity contribution in [2.24, 2.45) is 5.92 Å². The summed E-state index contributed by atoms with van der Waals surface area (Å²) < 4.78 is 7.35. The van der Waals surface area contributed by atoms with Crippen LogP contribution in [0.3, 0.4) is 0 Å². The average molecular weight is 384 g/mol. The Bertz CT molecular complexity index is 791. The molecule has 2 N–H and O–H groups in total. The maximum Gasteiger partial charge on any atom is 0.250 e. The Hall–Kier alpha value is -2.67. The normalized spacial score (nSPS) is 20.4. The van der Waals surface area contributed by atoms with Crippen molar-refractivity contribution in [3.05, 3.63) is 42.7 Å². The molecule has 0 radical (unpaired) electrons. The van der Waals surface area contributed by atoms with Gasteiger partial charge in [-0.3, -0.25) is 14.3 Å². The molecule has 1 aromatic carbocycles. The number of ether oxygens (including phenoxy) is 1. The average Bonchev–Trinajstić information content (AvgIpc) is 3.21. The first-order valence-corrected chi connectivity index (χ1v) is 9.83. The van der Waals surface area contributed by atoms with E-state index in [2.05, 4.69) is 22.7 Å². The smallest absolute Gasteiger partial charge is 0.250 e. The molecule has 3 unspecified atom stereocenters. The van der Waals surface area contributed by atoms with Gasteiger partial charge < -0.3 is 15.4 Å². The molecule has 1 aromatic heterocycles. The van der Waals surface area contributed by atoms with E-state index in [0.29, 0.717) is 17.3 Å². The topological polar surface area (TPSA) is 85.3 Å². The van der Waals surface area contributed by atoms with Crippen molar-refractivity contribution in [3.63, 3.8) is 0 Å². The van der Waals surface area contributed by atoms with Gasteiger partial charge in [-0.1, -0.05) is 25.8 Å². The van der Waals surface area contributed by atoms with Crippen LogP contribution in [0.15, 0.2) is 42.7 Å². The number of rotatable bonds is 7. The van der Waals surface area contributed by atoms with E-state index in [-0.39, 0.29) is 24.5 Å². The van der Waals surface area contributed by atoms with Crippen LogP contribution < -0.4 is 10.6 Å². The van der Waals surface area contributed by atoms with Gasteiger partial charge in [0.2, 0.25) is 11.8 Å². The van der Waals surface area contributed by atoms with Gasteiger partial charge in [0.05, 0.1) is 6.10 Å². The molecular formula is C21H28N4O3. The van der Waals surface area contributed by atoms with E-state index in [1.54, 1.807) is 54.3 Å². The summed E-state index contributed by atoms with van der Waals surface area (Å²) in [5.41, 5.74) is 1.24. The van der Waals surface area contributed by atoms with Crippen molar-refractivity contribution in [1.29, 1.82) is 0 Å². The lowest BCUT2D eigenvalue weighted by atomic mass is 9.89. The van der Waals surface area contributed by atoms with Crippen LogP contribution in [0.1, 0.15) is 45.6 Å². The van der Waals surface area contributed by atoms with E-state index in [4.69, 9.17) is 4.74 Å². The Morgan fingerprint density at radius 1 is 1.25 bits per heavy atom. The van der Waals surface area contributed by atoms with Crippen molar-refractivity contribution >= 4 is 23.2 Å². The highest BCUT2D eigenvalue weighted by Crippen LogP contribution is 2.25. The molecule has 1 fully saturated rings. The van der Waals surface area contributed by atoms with Gasteiger partial charge in [-0.25, -0.2) is 0 Å². The third-order valence-electron chi connectivity index (χ3n) is 5.05. The van der Waals surface area contributed by atoms with Gasteiger partial charge in [-0.2, -0.15) is 5.10 Å². The second-order valence-electron chi connectivity index (χ2n) is 7.49. The van der Waals surface area contributed by atoms with Crippen molar-refractivity contribution in [2.75, 3.05) is 17.2 Å². The summed E-state index contributed by atoms with van der Waals surface area (Å²) in [5, 5.41) is 9.76. The highest BCUT2D eigenvalue weighted by Gasteiger charge is 2.20. The first-order valence-electron chi connectivity index (χ1n) is 9.83. The molecule has 0 aliphatic heterocycles. The van der Waals surface area contributed by atoms with Gasteiger partial charge in [-0.05, 0) is 49.9 Å². The van der Waals surface area contributed by atoms with Crippen LogP contribution in [0.2, 0.25) is 0 Å². The Morgan fingerprint density at radius 3 is 2.75 bits per heavy atom. The molecule has 3 atom stereocenters. The third-order valence-corrected chi connectivity index (χ3v) is 5.05. The molecule has 1 aliphatic carbocycles. The number of hydrogen-bond donors (Lipinski definition) is 2. The van der Waals surface area contributed by atoms with Gasteiger partial charge in [0.1, 0.15) is 12.6 Å². The van der Waals surface area contributed by atoms with Crippen LogP contribution in [-0.2, 0) is 14.3 Å². The number of aromatic nitrogens is 2. The maximum absolute atomic E-state index is 12.4. The van der Waals surface area contributed by atoms with E-state index < -0.39 is 6.04 Å². The molecule has 2 amide bonds. The number of carbonyl (C=O) groups excluding carboxylic acids is 2. The molecule has 1 aliphatic rings. The minimum absolute atomic E-state index is 0.0459. The summed E-state index contributed by atoms with van der Waals surface area (Å²) in [5.74, 6) is 0.291. The highest BCUT2D eigenvalue weighted by molar-refractivity contribution is 5.95.